The summed E-state index contributed by atoms with van der Waals surface area (Å²) in [5, 5.41) is 3.01. The highest BCUT2D eigenvalue weighted by molar-refractivity contribution is 5.95. The number of fused-ring (bicyclic) bond motifs is 1. The van der Waals surface area contributed by atoms with Crippen molar-refractivity contribution in [3.8, 4) is 0 Å². The van der Waals surface area contributed by atoms with Gasteiger partial charge in [-0.05, 0) is 69.4 Å². The number of carbonyl (C=O) groups excluding carboxylic acids is 3. The molecule has 0 aromatic heterocycles. The van der Waals surface area contributed by atoms with Crippen LogP contribution in [0.15, 0.2) is 24.3 Å². The Morgan fingerprint density at radius 1 is 0.968 bits per heavy atom. The molecule has 0 saturated carbocycles. The molecule has 0 bridgehead atoms. The minimum Gasteiger partial charge on any atom is -0.352 e. The fraction of sp³-hybridized carbons (Fsp3) is 0.625. The van der Waals surface area contributed by atoms with Crippen molar-refractivity contribution in [3.05, 3.63) is 35.4 Å². The molecule has 1 aromatic carbocycles. The van der Waals surface area contributed by atoms with Gasteiger partial charge in [0.05, 0.1) is 0 Å². The quantitative estimate of drug-likeness (QED) is 0.677. The third-order valence-electron chi connectivity index (χ3n) is 6.72. The zero-order chi connectivity index (χ0) is 21.6. The van der Waals surface area contributed by atoms with Gasteiger partial charge in [0, 0.05) is 25.2 Å². The van der Waals surface area contributed by atoms with E-state index in [1.807, 2.05) is 12.1 Å². The van der Waals surface area contributed by atoms with Crippen molar-refractivity contribution in [2.45, 2.75) is 57.5 Å². The van der Waals surface area contributed by atoms with Crippen LogP contribution in [-0.4, -0.2) is 77.7 Å². The highest BCUT2D eigenvalue weighted by Gasteiger charge is 2.41. The molecule has 3 saturated heterocycles. The standard InChI is InChI=1S/C24H34N4O3/c29-22-18-27(24(31)21-7-5-16-28(21)22)17-19-8-10-20(11-9-19)23(30)25-12-6-15-26-13-3-1-2-4-14-26/h8-11,21H,1-7,12-18H2,(H,25,30). The summed E-state index contributed by atoms with van der Waals surface area (Å²) in [6, 6.07) is 7.09. The number of hydrogen-bond donors (Lipinski definition) is 1. The number of piperazine rings is 1. The smallest absolute Gasteiger partial charge is 0.251 e. The molecule has 0 spiro atoms. The van der Waals surface area contributed by atoms with Crippen molar-refractivity contribution in [2.75, 3.05) is 39.3 Å². The fourth-order valence-electron chi connectivity index (χ4n) is 4.95. The summed E-state index contributed by atoms with van der Waals surface area (Å²) in [6.45, 7) is 5.34. The van der Waals surface area contributed by atoms with E-state index in [1.54, 1.807) is 21.9 Å². The Labute approximate surface area is 184 Å². The minimum atomic E-state index is -0.277. The van der Waals surface area contributed by atoms with Crippen molar-refractivity contribution in [3.63, 3.8) is 0 Å². The summed E-state index contributed by atoms with van der Waals surface area (Å²) in [5.74, 6) is 0.0230. The van der Waals surface area contributed by atoms with Crippen LogP contribution < -0.4 is 5.32 Å². The van der Waals surface area contributed by atoms with Gasteiger partial charge in [-0.15, -0.1) is 0 Å². The van der Waals surface area contributed by atoms with Crippen LogP contribution in [0.3, 0.4) is 0 Å². The Bertz CT molecular complexity index is 787. The lowest BCUT2D eigenvalue weighted by atomic mass is 10.1. The van der Waals surface area contributed by atoms with Gasteiger partial charge in [-0.2, -0.15) is 0 Å². The average Bonchev–Trinajstić information content (AvgIpc) is 3.14. The van der Waals surface area contributed by atoms with Crippen molar-refractivity contribution in [2.24, 2.45) is 0 Å². The first kappa shape index (κ1) is 21.8. The summed E-state index contributed by atoms with van der Waals surface area (Å²) < 4.78 is 0. The summed E-state index contributed by atoms with van der Waals surface area (Å²) in [4.78, 5) is 43.3. The number of nitrogens with one attached hydrogen (secondary N) is 1. The van der Waals surface area contributed by atoms with Gasteiger partial charge in [0.15, 0.2) is 0 Å². The van der Waals surface area contributed by atoms with E-state index in [9.17, 15) is 14.4 Å². The molecule has 3 heterocycles. The van der Waals surface area contributed by atoms with Gasteiger partial charge in [-0.1, -0.05) is 25.0 Å². The first-order chi connectivity index (χ1) is 15.1. The molecule has 31 heavy (non-hydrogen) atoms. The average molecular weight is 427 g/mol. The van der Waals surface area contributed by atoms with Crippen LogP contribution in [0.1, 0.15) is 60.9 Å². The Kier molecular flexibility index (Phi) is 7.22. The maximum Gasteiger partial charge on any atom is 0.251 e. The van der Waals surface area contributed by atoms with Gasteiger partial charge in [0.25, 0.3) is 5.91 Å². The van der Waals surface area contributed by atoms with E-state index < -0.39 is 0 Å². The molecule has 3 aliphatic rings. The molecule has 1 N–H and O–H groups in total. The molecule has 1 unspecified atom stereocenters. The van der Waals surface area contributed by atoms with Crippen LogP contribution in [0.25, 0.3) is 0 Å². The first-order valence-electron chi connectivity index (χ1n) is 11.8. The maximum atomic E-state index is 12.7. The molecule has 7 heteroatoms. The molecule has 0 aliphatic carbocycles. The topological polar surface area (TPSA) is 73.0 Å². The number of likely N-dealkylation sites (tertiary alicyclic amines) is 1. The van der Waals surface area contributed by atoms with Crippen molar-refractivity contribution < 1.29 is 14.4 Å². The Morgan fingerprint density at radius 2 is 1.71 bits per heavy atom. The summed E-state index contributed by atoms with van der Waals surface area (Å²) in [5.41, 5.74) is 1.56. The van der Waals surface area contributed by atoms with Gasteiger partial charge in [0.2, 0.25) is 11.8 Å². The van der Waals surface area contributed by atoms with Crippen LogP contribution in [0.4, 0.5) is 0 Å². The molecule has 4 rings (SSSR count). The molecule has 3 amide bonds. The number of rotatable bonds is 7. The molecular formula is C24H34N4O3. The third-order valence-corrected chi connectivity index (χ3v) is 6.72. The van der Waals surface area contributed by atoms with Gasteiger partial charge < -0.3 is 20.0 Å². The Morgan fingerprint density at radius 3 is 2.45 bits per heavy atom. The lowest BCUT2D eigenvalue weighted by Gasteiger charge is -2.36. The number of carbonyl (C=O) groups is 3. The van der Waals surface area contributed by atoms with E-state index in [-0.39, 0.29) is 30.3 Å². The van der Waals surface area contributed by atoms with Crippen LogP contribution >= 0.6 is 0 Å². The number of benzene rings is 1. The molecule has 7 nitrogen and oxygen atoms in total. The van der Waals surface area contributed by atoms with Gasteiger partial charge >= 0.3 is 0 Å². The predicted octanol–water partition coefficient (Wildman–Crippen LogP) is 2.02. The monoisotopic (exact) mass is 426 g/mol. The predicted molar refractivity (Wildman–Crippen MR) is 118 cm³/mol. The molecule has 0 radical (unpaired) electrons. The minimum absolute atomic E-state index is 0.0401. The number of amides is 3. The van der Waals surface area contributed by atoms with Crippen LogP contribution in [-0.2, 0) is 16.1 Å². The lowest BCUT2D eigenvalue weighted by Crippen LogP contribution is -2.56. The fourth-order valence-corrected chi connectivity index (χ4v) is 4.95. The van der Waals surface area contributed by atoms with Crippen molar-refractivity contribution in [1.29, 1.82) is 0 Å². The Balaban J connectivity index is 1.22. The molecule has 168 valence electrons. The summed E-state index contributed by atoms with van der Waals surface area (Å²) >= 11 is 0. The largest absolute Gasteiger partial charge is 0.352 e. The first-order valence-corrected chi connectivity index (χ1v) is 11.8. The third kappa shape index (κ3) is 5.45. The molecular weight excluding hydrogens is 392 g/mol. The highest BCUT2D eigenvalue weighted by Crippen LogP contribution is 2.24. The van der Waals surface area contributed by atoms with E-state index in [0.717, 1.165) is 31.4 Å². The maximum absolute atomic E-state index is 12.7. The zero-order valence-corrected chi connectivity index (χ0v) is 18.4. The SMILES string of the molecule is O=C(NCCCN1CCCCCC1)c1ccc(CN2CC(=O)N3CCCC3C2=O)cc1. The molecule has 1 aromatic rings. The number of hydrogen-bond acceptors (Lipinski definition) is 4. The van der Waals surface area contributed by atoms with E-state index in [4.69, 9.17) is 0 Å². The van der Waals surface area contributed by atoms with Gasteiger partial charge in [-0.3, -0.25) is 14.4 Å². The van der Waals surface area contributed by atoms with E-state index in [1.165, 1.54) is 38.8 Å². The lowest BCUT2D eigenvalue weighted by molar-refractivity contribution is -0.154. The van der Waals surface area contributed by atoms with Crippen LogP contribution in [0.5, 0.6) is 0 Å². The Hall–Kier alpha value is -2.41. The van der Waals surface area contributed by atoms with E-state index in [0.29, 0.717) is 25.2 Å². The second kappa shape index (κ2) is 10.3. The van der Waals surface area contributed by atoms with Crippen molar-refractivity contribution >= 4 is 17.7 Å². The molecule has 1 atom stereocenters. The van der Waals surface area contributed by atoms with Crippen molar-refractivity contribution in [1.82, 2.24) is 20.0 Å². The normalized spacial score (nSPS) is 22.4. The summed E-state index contributed by atoms with van der Waals surface area (Å²) in [6.07, 6.45) is 7.88. The second-order valence-electron chi connectivity index (χ2n) is 9.00. The highest BCUT2D eigenvalue weighted by atomic mass is 16.2. The van der Waals surface area contributed by atoms with E-state index in [2.05, 4.69) is 10.2 Å². The van der Waals surface area contributed by atoms with E-state index >= 15 is 0 Å². The van der Waals surface area contributed by atoms with Gasteiger partial charge in [-0.25, -0.2) is 0 Å². The van der Waals surface area contributed by atoms with Crippen LogP contribution in [0, 0.1) is 0 Å². The second-order valence-corrected chi connectivity index (χ2v) is 9.00. The van der Waals surface area contributed by atoms with Gasteiger partial charge in [0.1, 0.15) is 12.6 Å². The molecule has 3 fully saturated rings. The number of nitrogens with zero attached hydrogens (tertiary/aromatic N) is 3. The van der Waals surface area contributed by atoms with Crippen LogP contribution in [0.2, 0.25) is 0 Å². The molecule has 3 aliphatic heterocycles. The zero-order valence-electron chi connectivity index (χ0n) is 18.4. The summed E-state index contributed by atoms with van der Waals surface area (Å²) in [7, 11) is 0.